The van der Waals surface area contributed by atoms with Crippen molar-refractivity contribution in [1.82, 2.24) is 5.32 Å². The molecule has 0 aromatic rings. The van der Waals surface area contributed by atoms with E-state index in [-0.39, 0.29) is 5.91 Å². The van der Waals surface area contributed by atoms with Crippen LogP contribution in [0.5, 0.6) is 0 Å². The third kappa shape index (κ3) is 5.97. The monoisotopic (exact) mass is 261 g/mol. The summed E-state index contributed by atoms with van der Waals surface area (Å²) in [4.78, 5) is 11.2. The normalized spacial score (nSPS) is 11.5. The third-order valence-electron chi connectivity index (χ3n) is 2.52. The summed E-state index contributed by atoms with van der Waals surface area (Å²) in [6.07, 6.45) is 2.34. The van der Waals surface area contributed by atoms with Gasteiger partial charge in [0.05, 0.1) is 0 Å². The van der Waals surface area contributed by atoms with Crippen LogP contribution in [0.2, 0.25) is 0 Å². The molecule has 0 bridgehead atoms. The molecule has 0 aromatic carbocycles. The minimum absolute atomic E-state index is 0.103. The number of amides is 1. The molecule has 1 N–H and O–H groups in total. The van der Waals surface area contributed by atoms with E-state index in [2.05, 4.69) is 11.9 Å². The molecular weight excluding hydrogens is 238 g/mol. The van der Waals surface area contributed by atoms with E-state index >= 15 is 0 Å². The van der Waals surface area contributed by atoms with Gasteiger partial charge in [-0.1, -0.05) is 6.58 Å². The molecule has 0 aromatic heterocycles. The first-order valence-corrected chi connectivity index (χ1v) is 6.42. The van der Waals surface area contributed by atoms with E-state index in [1.165, 1.54) is 0 Å². The van der Waals surface area contributed by atoms with E-state index in [1.807, 2.05) is 0 Å². The van der Waals surface area contributed by atoms with Gasteiger partial charge < -0.3 is 19.2 Å². The first-order chi connectivity index (χ1) is 8.01. The van der Waals surface area contributed by atoms with Crippen molar-refractivity contribution in [3.8, 4) is 0 Å². The Labute approximate surface area is 106 Å². The fourth-order valence-electron chi connectivity index (χ4n) is 1.38. The molecule has 0 aliphatic carbocycles. The molecular formula is C11H23NO4Si. The third-order valence-corrected chi connectivity index (χ3v) is 3.14. The molecule has 17 heavy (non-hydrogen) atoms. The Kier molecular flexibility index (Phi) is 8.06. The van der Waals surface area contributed by atoms with Gasteiger partial charge in [0.2, 0.25) is 5.91 Å². The maximum atomic E-state index is 11.2. The summed E-state index contributed by atoms with van der Waals surface area (Å²) in [5, 5.41) is 2.77. The standard InChI is InChI=1S/C11H23NO4Si/c1-9(2)10(13)12-8-6-5-7-11(14-3,15-4)16-17/h1,5-8H2,2-4,17H3,(H,12,13). The summed E-state index contributed by atoms with van der Waals surface area (Å²) in [5.74, 6) is -1.01. The average molecular weight is 261 g/mol. The number of unbranched alkanes of at least 4 members (excludes halogenated alkanes) is 1. The minimum Gasteiger partial charge on any atom is -0.380 e. The fraction of sp³-hybridized carbons (Fsp3) is 0.727. The molecule has 0 radical (unpaired) electrons. The molecule has 0 spiro atoms. The van der Waals surface area contributed by atoms with Crippen molar-refractivity contribution in [1.29, 1.82) is 0 Å². The summed E-state index contributed by atoms with van der Waals surface area (Å²) in [5.41, 5.74) is 0.524. The molecule has 0 unspecified atom stereocenters. The predicted octanol–water partition coefficient (Wildman–Crippen LogP) is 0.0926. The Bertz CT molecular complexity index is 246. The molecule has 0 aliphatic rings. The highest BCUT2D eigenvalue weighted by molar-refractivity contribution is 5.98. The molecule has 5 nitrogen and oxygen atoms in total. The lowest BCUT2D eigenvalue weighted by Crippen LogP contribution is -2.36. The van der Waals surface area contributed by atoms with Crippen LogP contribution in [0.25, 0.3) is 0 Å². The van der Waals surface area contributed by atoms with E-state index < -0.39 is 5.97 Å². The number of ether oxygens (including phenoxy) is 2. The Morgan fingerprint density at radius 2 is 1.94 bits per heavy atom. The topological polar surface area (TPSA) is 56.8 Å². The highest BCUT2D eigenvalue weighted by Crippen LogP contribution is 2.19. The smallest absolute Gasteiger partial charge is 0.272 e. The number of nitrogens with one attached hydrogen (secondary N) is 1. The molecule has 0 aliphatic heterocycles. The van der Waals surface area contributed by atoms with Gasteiger partial charge in [-0.15, -0.1) is 0 Å². The number of rotatable bonds is 9. The molecule has 100 valence electrons. The zero-order valence-corrected chi connectivity index (χ0v) is 13.2. The van der Waals surface area contributed by atoms with Gasteiger partial charge in [-0.3, -0.25) is 4.79 Å². The van der Waals surface area contributed by atoms with Gasteiger partial charge in [-0.05, 0) is 19.8 Å². The highest BCUT2D eigenvalue weighted by Gasteiger charge is 2.27. The van der Waals surface area contributed by atoms with Crippen LogP contribution >= 0.6 is 0 Å². The number of methoxy groups -OCH3 is 2. The minimum atomic E-state index is -0.912. The van der Waals surface area contributed by atoms with Crippen molar-refractivity contribution in [2.75, 3.05) is 20.8 Å². The maximum Gasteiger partial charge on any atom is 0.272 e. The summed E-state index contributed by atoms with van der Waals surface area (Å²) in [6, 6.07) is 0. The Hall–Kier alpha value is -0.693. The zero-order valence-electron chi connectivity index (χ0n) is 11.2. The maximum absolute atomic E-state index is 11.2. The van der Waals surface area contributed by atoms with Crippen LogP contribution in [0.3, 0.4) is 0 Å². The van der Waals surface area contributed by atoms with Gasteiger partial charge in [0, 0.05) is 32.8 Å². The molecule has 0 saturated carbocycles. The second-order valence-corrected chi connectivity index (χ2v) is 4.20. The Morgan fingerprint density at radius 1 is 1.35 bits per heavy atom. The first kappa shape index (κ1) is 16.3. The van der Waals surface area contributed by atoms with E-state index in [0.717, 1.165) is 12.8 Å². The number of carbonyl (C=O) groups excluding carboxylic acids is 1. The van der Waals surface area contributed by atoms with Crippen molar-refractivity contribution in [2.24, 2.45) is 0 Å². The van der Waals surface area contributed by atoms with Crippen LogP contribution in [-0.2, 0) is 18.7 Å². The lowest BCUT2D eigenvalue weighted by atomic mass is 10.2. The Morgan fingerprint density at radius 3 is 2.35 bits per heavy atom. The van der Waals surface area contributed by atoms with Gasteiger partial charge in [0.25, 0.3) is 5.97 Å². The molecule has 0 rings (SSSR count). The fourth-order valence-corrected chi connectivity index (χ4v) is 1.91. The highest BCUT2D eigenvalue weighted by atomic mass is 28.2. The van der Waals surface area contributed by atoms with Crippen LogP contribution in [-0.4, -0.2) is 43.1 Å². The van der Waals surface area contributed by atoms with Crippen molar-refractivity contribution in [3.63, 3.8) is 0 Å². The van der Waals surface area contributed by atoms with Crippen LogP contribution in [0.4, 0.5) is 0 Å². The van der Waals surface area contributed by atoms with E-state index in [0.29, 0.717) is 29.0 Å². The van der Waals surface area contributed by atoms with Gasteiger partial charge in [-0.25, -0.2) is 0 Å². The van der Waals surface area contributed by atoms with Crippen molar-refractivity contribution in [2.45, 2.75) is 32.2 Å². The predicted molar refractivity (Wildman–Crippen MR) is 69.4 cm³/mol. The van der Waals surface area contributed by atoms with Crippen molar-refractivity contribution >= 4 is 16.4 Å². The molecule has 0 saturated heterocycles. The number of carbonyl (C=O) groups is 1. The average Bonchev–Trinajstić information content (AvgIpc) is 2.34. The quantitative estimate of drug-likeness (QED) is 0.277. The van der Waals surface area contributed by atoms with Crippen LogP contribution in [0, 0.1) is 0 Å². The number of hydrogen-bond donors (Lipinski definition) is 1. The second-order valence-electron chi connectivity index (χ2n) is 3.79. The zero-order chi connectivity index (χ0) is 13.3. The van der Waals surface area contributed by atoms with Crippen LogP contribution < -0.4 is 5.32 Å². The molecule has 0 atom stereocenters. The summed E-state index contributed by atoms with van der Waals surface area (Å²) >= 11 is 0. The molecule has 6 heteroatoms. The second kappa shape index (κ2) is 8.41. The lowest BCUT2D eigenvalue weighted by molar-refractivity contribution is -0.325. The van der Waals surface area contributed by atoms with E-state index in [4.69, 9.17) is 13.9 Å². The van der Waals surface area contributed by atoms with Crippen LogP contribution in [0.1, 0.15) is 26.2 Å². The van der Waals surface area contributed by atoms with Crippen molar-refractivity contribution in [3.05, 3.63) is 12.2 Å². The number of hydrogen-bond acceptors (Lipinski definition) is 4. The summed E-state index contributed by atoms with van der Waals surface area (Å²) < 4.78 is 15.7. The van der Waals surface area contributed by atoms with E-state index in [9.17, 15) is 4.79 Å². The van der Waals surface area contributed by atoms with Crippen molar-refractivity contribution < 1.29 is 18.7 Å². The summed E-state index contributed by atoms with van der Waals surface area (Å²) in [6.45, 7) is 5.87. The first-order valence-electron chi connectivity index (χ1n) is 5.60. The van der Waals surface area contributed by atoms with Gasteiger partial charge in [-0.2, -0.15) is 0 Å². The van der Waals surface area contributed by atoms with Gasteiger partial charge in [0.1, 0.15) is 0 Å². The van der Waals surface area contributed by atoms with Gasteiger partial charge >= 0.3 is 0 Å². The van der Waals surface area contributed by atoms with Crippen LogP contribution in [0.15, 0.2) is 12.2 Å². The summed E-state index contributed by atoms with van der Waals surface area (Å²) in [7, 11) is 3.67. The Balaban J connectivity index is 3.76. The lowest BCUT2D eigenvalue weighted by Gasteiger charge is -2.29. The van der Waals surface area contributed by atoms with Gasteiger partial charge in [0.15, 0.2) is 10.5 Å². The largest absolute Gasteiger partial charge is 0.380 e. The SMILES string of the molecule is C=C(C)C(=O)NCCCCC(OC)(OC)O[SiH3]. The molecule has 0 fully saturated rings. The molecule has 1 amide bonds. The molecule has 0 heterocycles. The van der Waals surface area contributed by atoms with E-state index in [1.54, 1.807) is 21.1 Å².